The van der Waals surface area contributed by atoms with Crippen LogP contribution in [-0.2, 0) is 13.0 Å². The maximum atomic E-state index is 12.1. The fourth-order valence-corrected chi connectivity index (χ4v) is 3.50. The number of aryl methyl sites for hydroxylation is 1. The molecular weight excluding hydrogens is 288 g/mol. The SMILES string of the molecule is CCC(=O)c1ccc2c(c1)COc1cc3c(cc1-2)CCCC3=O. The minimum Gasteiger partial charge on any atom is -0.488 e. The first-order chi connectivity index (χ1) is 11.2. The minimum absolute atomic E-state index is 0.148. The molecule has 1 aliphatic carbocycles. The van der Waals surface area contributed by atoms with Gasteiger partial charge in [0.15, 0.2) is 11.6 Å². The molecule has 3 nitrogen and oxygen atoms in total. The van der Waals surface area contributed by atoms with Crippen LogP contribution in [0.3, 0.4) is 0 Å². The first-order valence-electron chi connectivity index (χ1n) is 8.17. The van der Waals surface area contributed by atoms with Gasteiger partial charge in [-0.15, -0.1) is 0 Å². The summed E-state index contributed by atoms with van der Waals surface area (Å²) in [7, 11) is 0. The van der Waals surface area contributed by atoms with Gasteiger partial charge in [-0.1, -0.05) is 19.1 Å². The Morgan fingerprint density at radius 1 is 1.04 bits per heavy atom. The number of ketones is 2. The molecule has 0 radical (unpaired) electrons. The number of ether oxygens (including phenoxy) is 1. The van der Waals surface area contributed by atoms with Crippen LogP contribution in [0.4, 0.5) is 0 Å². The Morgan fingerprint density at radius 2 is 1.91 bits per heavy atom. The Bertz CT molecular complexity index is 833. The van der Waals surface area contributed by atoms with E-state index in [1.165, 1.54) is 0 Å². The van der Waals surface area contributed by atoms with E-state index in [0.717, 1.165) is 52.0 Å². The highest BCUT2D eigenvalue weighted by Crippen LogP contribution is 2.41. The maximum absolute atomic E-state index is 12.1. The second kappa shape index (κ2) is 5.34. The molecule has 23 heavy (non-hydrogen) atoms. The molecule has 0 fully saturated rings. The van der Waals surface area contributed by atoms with E-state index in [0.29, 0.717) is 19.4 Å². The molecule has 4 rings (SSSR count). The summed E-state index contributed by atoms with van der Waals surface area (Å²) in [5.74, 6) is 1.14. The van der Waals surface area contributed by atoms with Crippen LogP contribution in [-0.4, -0.2) is 11.6 Å². The monoisotopic (exact) mass is 306 g/mol. The number of Topliss-reactive ketones (excluding diaryl/α,β-unsaturated/α-hetero) is 2. The van der Waals surface area contributed by atoms with Crippen molar-refractivity contribution in [2.45, 2.75) is 39.2 Å². The third kappa shape index (κ3) is 2.27. The summed E-state index contributed by atoms with van der Waals surface area (Å²) in [5.41, 5.74) is 5.86. The Morgan fingerprint density at radius 3 is 2.74 bits per heavy atom. The summed E-state index contributed by atoms with van der Waals surface area (Å²) in [4.78, 5) is 24.0. The van der Waals surface area contributed by atoms with Crippen LogP contribution in [0.5, 0.6) is 5.75 Å². The van der Waals surface area contributed by atoms with Gasteiger partial charge in [-0.2, -0.15) is 0 Å². The fourth-order valence-electron chi connectivity index (χ4n) is 3.50. The van der Waals surface area contributed by atoms with E-state index in [4.69, 9.17) is 4.74 Å². The van der Waals surface area contributed by atoms with Crippen molar-refractivity contribution in [1.82, 2.24) is 0 Å². The maximum Gasteiger partial charge on any atom is 0.163 e. The molecule has 0 N–H and O–H groups in total. The van der Waals surface area contributed by atoms with E-state index in [9.17, 15) is 9.59 Å². The lowest BCUT2D eigenvalue weighted by Crippen LogP contribution is -2.14. The number of carbonyl (C=O) groups excluding carboxylic acids is 2. The second-order valence-corrected chi connectivity index (χ2v) is 6.22. The van der Waals surface area contributed by atoms with Gasteiger partial charge in [0, 0.05) is 29.5 Å². The molecule has 0 unspecified atom stereocenters. The summed E-state index contributed by atoms with van der Waals surface area (Å²) in [6.07, 6.45) is 3.00. The van der Waals surface area contributed by atoms with Gasteiger partial charge < -0.3 is 4.74 Å². The predicted molar refractivity (Wildman–Crippen MR) is 88.1 cm³/mol. The molecular formula is C20H18O3. The van der Waals surface area contributed by atoms with Gasteiger partial charge in [0.25, 0.3) is 0 Å². The molecule has 0 saturated carbocycles. The molecule has 0 amide bonds. The Balaban J connectivity index is 1.83. The number of fused-ring (bicyclic) bond motifs is 4. The smallest absolute Gasteiger partial charge is 0.163 e. The molecule has 0 atom stereocenters. The average molecular weight is 306 g/mol. The average Bonchev–Trinajstić information content (AvgIpc) is 2.59. The minimum atomic E-state index is 0.148. The lowest BCUT2D eigenvalue weighted by atomic mass is 9.85. The van der Waals surface area contributed by atoms with Crippen molar-refractivity contribution < 1.29 is 14.3 Å². The summed E-state index contributed by atoms with van der Waals surface area (Å²) >= 11 is 0. The van der Waals surface area contributed by atoms with Gasteiger partial charge in [-0.05, 0) is 47.7 Å². The lowest BCUT2D eigenvalue weighted by molar-refractivity contribution is 0.0968. The van der Waals surface area contributed by atoms with Crippen molar-refractivity contribution in [3.8, 4) is 16.9 Å². The van der Waals surface area contributed by atoms with Gasteiger partial charge >= 0.3 is 0 Å². The van der Waals surface area contributed by atoms with E-state index >= 15 is 0 Å². The van der Waals surface area contributed by atoms with E-state index in [1.807, 2.05) is 31.2 Å². The van der Waals surface area contributed by atoms with Crippen molar-refractivity contribution >= 4 is 11.6 Å². The van der Waals surface area contributed by atoms with Gasteiger partial charge in [0.05, 0.1) is 0 Å². The third-order valence-electron chi connectivity index (χ3n) is 4.78. The van der Waals surface area contributed by atoms with Crippen molar-refractivity contribution in [2.24, 2.45) is 0 Å². The quantitative estimate of drug-likeness (QED) is 0.774. The van der Waals surface area contributed by atoms with Gasteiger partial charge in [0.1, 0.15) is 12.4 Å². The summed E-state index contributed by atoms with van der Waals surface area (Å²) < 4.78 is 5.87. The lowest BCUT2D eigenvalue weighted by Gasteiger charge is -2.25. The highest BCUT2D eigenvalue weighted by atomic mass is 16.5. The van der Waals surface area contributed by atoms with Crippen LogP contribution in [0, 0.1) is 0 Å². The van der Waals surface area contributed by atoms with Crippen molar-refractivity contribution in [3.05, 3.63) is 52.6 Å². The molecule has 3 heteroatoms. The normalized spacial score (nSPS) is 15.3. The molecule has 2 aromatic rings. The third-order valence-corrected chi connectivity index (χ3v) is 4.78. The number of benzene rings is 2. The zero-order valence-electron chi connectivity index (χ0n) is 13.1. The zero-order valence-corrected chi connectivity index (χ0v) is 13.1. The molecule has 0 aromatic heterocycles. The summed E-state index contributed by atoms with van der Waals surface area (Å²) in [6.45, 7) is 2.32. The van der Waals surface area contributed by atoms with E-state index in [2.05, 4.69) is 6.07 Å². The number of hydrogen-bond acceptors (Lipinski definition) is 3. The Hall–Kier alpha value is -2.42. The molecule has 116 valence electrons. The Labute approximate surface area is 135 Å². The fraction of sp³-hybridized carbons (Fsp3) is 0.300. The number of hydrogen-bond donors (Lipinski definition) is 0. The topological polar surface area (TPSA) is 43.4 Å². The van der Waals surface area contributed by atoms with E-state index in [-0.39, 0.29) is 11.6 Å². The van der Waals surface area contributed by atoms with Crippen LogP contribution in [0.15, 0.2) is 30.3 Å². The molecule has 1 aliphatic heterocycles. The second-order valence-electron chi connectivity index (χ2n) is 6.22. The molecule has 0 spiro atoms. The first kappa shape index (κ1) is 14.2. The van der Waals surface area contributed by atoms with Crippen LogP contribution < -0.4 is 4.74 Å². The largest absolute Gasteiger partial charge is 0.488 e. The van der Waals surface area contributed by atoms with Crippen LogP contribution >= 0.6 is 0 Å². The molecule has 1 heterocycles. The highest BCUT2D eigenvalue weighted by Gasteiger charge is 2.24. The van der Waals surface area contributed by atoms with Crippen LogP contribution in [0.2, 0.25) is 0 Å². The molecule has 2 aromatic carbocycles. The standard InChI is InChI=1S/C20H18O3/c1-2-18(21)13-6-7-15-14(8-13)11-23-20-10-16-12(9-17(15)20)4-3-5-19(16)22/h6-10H,2-5,11H2,1H3. The van der Waals surface area contributed by atoms with E-state index < -0.39 is 0 Å². The predicted octanol–water partition coefficient (Wildman–Crippen LogP) is 4.36. The van der Waals surface area contributed by atoms with Crippen LogP contribution in [0.1, 0.15) is 58.0 Å². The molecule has 0 bridgehead atoms. The summed E-state index contributed by atoms with van der Waals surface area (Å²) in [5, 5.41) is 0. The van der Waals surface area contributed by atoms with E-state index in [1.54, 1.807) is 0 Å². The Kier molecular flexibility index (Phi) is 3.29. The van der Waals surface area contributed by atoms with Gasteiger partial charge in [-0.3, -0.25) is 9.59 Å². The number of carbonyl (C=O) groups is 2. The van der Waals surface area contributed by atoms with Crippen molar-refractivity contribution in [1.29, 1.82) is 0 Å². The van der Waals surface area contributed by atoms with Crippen molar-refractivity contribution in [3.63, 3.8) is 0 Å². The molecule has 0 saturated heterocycles. The van der Waals surface area contributed by atoms with Gasteiger partial charge in [0.2, 0.25) is 0 Å². The molecule has 2 aliphatic rings. The highest BCUT2D eigenvalue weighted by molar-refractivity contribution is 6.00. The van der Waals surface area contributed by atoms with Gasteiger partial charge in [-0.25, -0.2) is 0 Å². The zero-order chi connectivity index (χ0) is 16.0. The van der Waals surface area contributed by atoms with Crippen molar-refractivity contribution in [2.75, 3.05) is 0 Å². The first-order valence-corrected chi connectivity index (χ1v) is 8.17. The summed E-state index contributed by atoms with van der Waals surface area (Å²) in [6, 6.07) is 9.84. The number of rotatable bonds is 2. The van der Waals surface area contributed by atoms with Crippen LogP contribution in [0.25, 0.3) is 11.1 Å².